The molecule has 1 heterocycles. The molecule has 0 saturated heterocycles. The average Bonchev–Trinajstić information content (AvgIpc) is 2.93. The average molecular weight is 462 g/mol. The number of fused-ring (bicyclic) bond motifs is 1. The first-order chi connectivity index (χ1) is 16.5. The fraction of sp³-hybridized carbons (Fsp3) is 0.407. The van der Waals surface area contributed by atoms with Crippen molar-refractivity contribution in [2.75, 3.05) is 18.1 Å². The molecule has 0 spiro atoms. The van der Waals surface area contributed by atoms with E-state index in [0.717, 1.165) is 31.2 Å². The lowest BCUT2D eigenvalue weighted by Crippen LogP contribution is -2.43. The number of ether oxygens (including phenoxy) is 1. The van der Waals surface area contributed by atoms with Crippen LogP contribution in [0.25, 0.3) is 0 Å². The Hall–Kier alpha value is -3.66. The highest BCUT2D eigenvalue weighted by Crippen LogP contribution is 2.34. The van der Waals surface area contributed by atoms with Gasteiger partial charge < -0.3 is 9.64 Å². The molecule has 0 bridgehead atoms. The Balaban J connectivity index is 1.95. The predicted octanol–water partition coefficient (Wildman–Crippen LogP) is 4.78. The molecule has 2 aromatic carbocycles. The first-order valence-electron chi connectivity index (χ1n) is 11.8. The molecule has 0 saturated carbocycles. The molecule has 1 aliphatic heterocycles. The van der Waals surface area contributed by atoms with Gasteiger partial charge in [0.05, 0.1) is 30.3 Å². The molecule has 1 aliphatic rings. The number of hydrogen-bond acceptors (Lipinski definition) is 5. The minimum absolute atomic E-state index is 0.0200. The van der Waals surface area contributed by atoms with Crippen LogP contribution in [0.15, 0.2) is 48.5 Å². The standard InChI is InChI=1S/C27H31N3O4/c1-3-34-26(32)17-20(2)29-19-25(31)30(22-12-8-6-9-13-22)24-15-14-21(18-23(24)27(29)33)11-7-4-5-10-16-28/h6,8-9,12-15,18,20H,3-5,7,10-11,17,19H2,1-2H3. The molecule has 2 aromatic rings. The maximum absolute atomic E-state index is 13.7. The van der Waals surface area contributed by atoms with E-state index in [2.05, 4.69) is 6.07 Å². The molecule has 2 amide bonds. The summed E-state index contributed by atoms with van der Waals surface area (Å²) in [5.41, 5.74) is 2.68. The number of benzene rings is 2. The van der Waals surface area contributed by atoms with Crippen LogP contribution in [-0.2, 0) is 20.7 Å². The largest absolute Gasteiger partial charge is 0.466 e. The van der Waals surface area contributed by atoms with Gasteiger partial charge in [-0.1, -0.05) is 30.7 Å². The van der Waals surface area contributed by atoms with Gasteiger partial charge in [0.25, 0.3) is 11.8 Å². The molecule has 0 aliphatic carbocycles. The zero-order valence-corrected chi connectivity index (χ0v) is 19.8. The van der Waals surface area contributed by atoms with Crippen LogP contribution in [0.3, 0.4) is 0 Å². The molecule has 0 fully saturated rings. The number of carbonyl (C=O) groups is 3. The first kappa shape index (κ1) is 25.0. The van der Waals surface area contributed by atoms with Crippen molar-refractivity contribution < 1.29 is 19.1 Å². The van der Waals surface area contributed by atoms with Gasteiger partial charge in [-0.25, -0.2) is 0 Å². The Labute approximate surface area is 200 Å². The van der Waals surface area contributed by atoms with Gasteiger partial charge >= 0.3 is 5.97 Å². The van der Waals surface area contributed by atoms with Gasteiger partial charge in [0.1, 0.15) is 6.54 Å². The van der Waals surface area contributed by atoms with Crippen molar-refractivity contribution in [1.29, 1.82) is 5.26 Å². The molecule has 1 unspecified atom stereocenters. The number of esters is 1. The van der Waals surface area contributed by atoms with E-state index in [9.17, 15) is 14.4 Å². The van der Waals surface area contributed by atoms with Crippen LogP contribution < -0.4 is 4.90 Å². The van der Waals surface area contributed by atoms with Crippen molar-refractivity contribution in [3.05, 3.63) is 59.7 Å². The van der Waals surface area contributed by atoms with E-state index in [1.807, 2.05) is 48.5 Å². The van der Waals surface area contributed by atoms with Crippen molar-refractivity contribution >= 4 is 29.2 Å². The number of unbranched alkanes of at least 4 members (excludes halogenated alkanes) is 3. The molecule has 0 N–H and O–H groups in total. The number of rotatable bonds is 10. The highest BCUT2D eigenvalue weighted by molar-refractivity contribution is 6.13. The van der Waals surface area contributed by atoms with Gasteiger partial charge in [0.15, 0.2) is 0 Å². The second kappa shape index (κ2) is 12.0. The summed E-state index contributed by atoms with van der Waals surface area (Å²) in [5.74, 6) is -0.908. The first-order valence-corrected chi connectivity index (χ1v) is 11.8. The maximum Gasteiger partial charge on any atom is 0.307 e. The number of nitrogens with zero attached hydrogens (tertiary/aromatic N) is 3. The van der Waals surface area contributed by atoms with Gasteiger partial charge in [-0.3, -0.25) is 19.3 Å². The lowest BCUT2D eigenvalue weighted by Gasteiger charge is -2.27. The maximum atomic E-state index is 13.7. The van der Waals surface area contributed by atoms with Gasteiger partial charge in [0, 0.05) is 18.2 Å². The third kappa shape index (κ3) is 6.02. The van der Waals surface area contributed by atoms with Gasteiger partial charge in [0.2, 0.25) is 0 Å². The van der Waals surface area contributed by atoms with Crippen molar-refractivity contribution in [3.8, 4) is 6.07 Å². The molecule has 0 aromatic heterocycles. The Kier molecular flexibility index (Phi) is 8.80. The molecule has 1 atom stereocenters. The van der Waals surface area contributed by atoms with Gasteiger partial charge in [-0.05, 0) is 62.9 Å². The van der Waals surface area contributed by atoms with Crippen LogP contribution in [0.2, 0.25) is 0 Å². The van der Waals surface area contributed by atoms with Crippen LogP contribution in [0.4, 0.5) is 11.4 Å². The summed E-state index contributed by atoms with van der Waals surface area (Å²) in [4.78, 5) is 42.2. The number of anilines is 2. The number of para-hydroxylation sites is 1. The van der Waals surface area contributed by atoms with E-state index in [1.54, 1.807) is 18.7 Å². The third-order valence-electron chi connectivity index (χ3n) is 5.92. The molecule has 0 radical (unpaired) electrons. The number of hydrogen-bond donors (Lipinski definition) is 0. The Bertz CT molecular complexity index is 1060. The lowest BCUT2D eigenvalue weighted by atomic mass is 10.0. The van der Waals surface area contributed by atoms with Crippen LogP contribution in [0, 0.1) is 11.3 Å². The molecule has 178 valence electrons. The monoisotopic (exact) mass is 461 g/mol. The van der Waals surface area contributed by atoms with E-state index in [0.29, 0.717) is 23.4 Å². The summed E-state index contributed by atoms with van der Waals surface area (Å²) in [6.07, 6.45) is 4.06. The number of aryl methyl sites for hydroxylation is 1. The number of amides is 2. The van der Waals surface area contributed by atoms with Crippen molar-refractivity contribution in [2.45, 2.75) is 58.4 Å². The van der Waals surface area contributed by atoms with Crippen LogP contribution in [0.1, 0.15) is 61.9 Å². The summed E-state index contributed by atoms with van der Waals surface area (Å²) in [5, 5.41) is 8.71. The Morgan fingerprint density at radius 2 is 1.88 bits per heavy atom. The van der Waals surface area contributed by atoms with E-state index in [4.69, 9.17) is 10.00 Å². The second-order valence-electron chi connectivity index (χ2n) is 8.43. The second-order valence-corrected chi connectivity index (χ2v) is 8.43. The summed E-state index contributed by atoms with van der Waals surface area (Å²) in [7, 11) is 0. The zero-order chi connectivity index (χ0) is 24.5. The molecular formula is C27H31N3O4. The van der Waals surface area contributed by atoms with Crippen molar-refractivity contribution in [2.24, 2.45) is 0 Å². The summed E-state index contributed by atoms with van der Waals surface area (Å²) >= 11 is 0. The van der Waals surface area contributed by atoms with Gasteiger partial charge in [-0.2, -0.15) is 5.26 Å². The van der Waals surface area contributed by atoms with Crippen molar-refractivity contribution in [3.63, 3.8) is 0 Å². The minimum Gasteiger partial charge on any atom is -0.466 e. The van der Waals surface area contributed by atoms with E-state index < -0.39 is 12.0 Å². The van der Waals surface area contributed by atoms with E-state index in [-0.39, 0.29) is 31.4 Å². The van der Waals surface area contributed by atoms with Crippen LogP contribution in [-0.4, -0.2) is 41.9 Å². The summed E-state index contributed by atoms with van der Waals surface area (Å²) < 4.78 is 5.06. The van der Waals surface area contributed by atoms with Crippen LogP contribution in [0.5, 0.6) is 0 Å². The molecular weight excluding hydrogens is 430 g/mol. The normalized spacial score (nSPS) is 14.3. The van der Waals surface area contributed by atoms with Gasteiger partial charge in [-0.15, -0.1) is 0 Å². The van der Waals surface area contributed by atoms with Crippen molar-refractivity contribution in [1.82, 2.24) is 4.90 Å². The number of nitriles is 1. The highest BCUT2D eigenvalue weighted by Gasteiger charge is 2.35. The zero-order valence-electron chi connectivity index (χ0n) is 19.8. The third-order valence-corrected chi connectivity index (χ3v) is 5.92. The molecule has 7 heteroatoms. The summed E-state index contributed by atoms with van der Waals surface area (Å²) in [6, 6.07) is 16.6. The SMILES string of the molecule is CCOC(=O)CC(C)N1CC(=O)N(c2ccccc2)c2ccc(CCCCCC#N)cc2C1=O. The summed E-state index contributed by atoms with van der Waals surface area (Å²) in [6.45, 7) is 3.63. The lowest BCUT2D eigenvalue weighted by molar-refractivity contribution is -0.144. The Morgan fingerprint density at radius 1 is 1.12 bits per heavy atom. The topological polar surface area (TPSA) is 90.7 Å². The van der Waals surface area contributed by atoms with E-state index in [1.165, 1.54) is 4.90 Å². The quantitative estimate of drug-likeness (QED) is 0.375. The molecule has 7 nitrogen and oxygen atoms in total. The smallest absolute Gasteiger partial charge is 0.307 e. The fourth-order valence-electron chi connectivity index (χ4n) is 4.18. The Morgan fingerprint density at radius 3 is 2.59 bits per heavy atom. The minimum atomic E-state index is -0.492. The fourth-order valence-corrected chi connectivity index (χ4v) is 4.18. The molecule has 3 rings (SSSR count). The molecule has 34 heavy (non-hydrogen) atoms. The number of carbonyl (C=O) groups excluding carboxylic acids is 3. The highest BCUT2D eigenvalue weighted by atomic mass is 16.5. The predicted molar refractivity (Wildman–Crippen MR) is 130 cm³/mol. The van der Waals surface area contributed by atoms with Crippen LogP contribution >= 0.6 is 0 Å². The van der Waals surface area contributed by atoms with E-state index >= 15 is 0 Å².